The van der Waals surface area contributed by atoms with E-state index in [4.69, 9.17) is 5.11 Å². The summed E-state index contributed by atoms with van der Waals surface area (Å²) in [5.74, 6) is 0.805. The maximum atomic E-state index is 8.85. The van der Waals surface area contributed by atoms with Crippen molar-refractivity contribution < 1.29 is 5.11 Å². The van der Waals surface area contributed by atoms with E-state index >= 15 is 0 Å². The lowest BCUT2D eigenvalue weighted by Crippen LogP contribution is -2.05. The van der Waals surface area contributed by atoms with Crippen LogP contribution in [0.5, 0.6) is 0 Å². The Labute approximate surface area is 111 Å². The first-order valence-corrected chi connectivity index (χ1v) is 6.81. The molecule has 0 fully saturated rings. The fourth-order valence-electron chi connectivity index (χ4n) is 1.26. The zero-order chi connectivity index (χ0) is 12.1. The Bertz CT molecular complexity index is 473. The number of benzene rings is 1. The maximum Gasteiger partial charge on any atom is 0.209 e. The van der Waals surface area contributed by atoms with Gasteiger partial charge in [0, 0.05) is 10.2 Å². The first-order valence-electron chi connectivity index (χ1n) is 5.04. The van der Waals surface area contributed by atoms with E-state index in [2.05, 4.69) is 43.6 Å². The van der Waals surface area contributed by atoms with Crippen LogP contribution in [0.2, 0.25) is 0 Å². The van der Waals surface area contributed by atoms with Crippen LogP contribution in [0.25, 0.3) is 0 Å². The third-order valence-corrected chi connectivity index (χ3v) is 3.65. The average Bonchev–Trinajstić information content (AvgIpc) is 2.77. The van der Waals surface area contributed by atoms with E-state index in [0.29, 0.717) is 6.54 Å². The molecule has 0 amide bonds. The number of aliphatic hydroxyl groups excluding tert-OH is 1. The molecule has 1 aromatic heterocycles. The van der Waals surface area contributed by atoms with Gasteiger partial charge in [-0.3, -0.25) is 0 Å². The highest BCUT2D eigenvalue weighted by Gasteiger charge is 2.06. The van der Waals surface area contributed by atoms with Crippen molar-refractivity contribution >= 4 is 27.7 Å². The van der Waals surface area contributed by atoms with Gasteiger partial charge in [-0.2, -0.15) is 0 Å². The fraction of sp³-hybridized carbons (Fsp3) is 0.300. The predicted molar refractivity (Wildman–Crippen MR) is 68.6 cm³/mol. The first-order chi connectivity index (χ1) is 8.29. The zero-order valence-electron chi connectivity index (χ0n) is 8.95. The summed E-state index contributed by atoms with van der Waals surface area (Å²) in [6, 6.07) is 8.12. The van der Waals surface area contributed by atoms with Crippen LogP contribution in [0.1, 0.15) is 5.56 Å². The molecular weight excluding hydrogens is 304 g/mol. The molecule has 90 valence electrons. The molecule has 0 radical (unpaired) electrons. The van der Waals surface area contributed by atoms with E-state index in [1.165, 1.54) is 5.56 Å². The topological polar surface area (TPSA) is 63.8 Å². The molecule has 0 aliphatic carbocycles. The van der Waals surface area contributed by atoms with Crippen molar-refractivity contribution in [3.8, 4) is 0 Å². The van der Waals surface area contributed by atoms with Crippen LogP contribution in [0, 0.1) is 0 Å². The Morgan fingerprint density at radius 3 is 2.76 bits per heavy atom. The Morgan fingerprint density at radius 2 is 2.06 bits per heavy atom. The maximum absolute atomic E-state index is 8.85. The van der Waals surface area contributed by atoms with Gasteiger partial charge in [-0.1, -0.05) is 39.8 Å². The second kappa shape index (κ2) is 6.13. The predicted octanol–water partition coefficient (Wildman–Crippen LogP) is 1.72. The molecule has 5 nitrogen and oxygen atoms in total. The SMILES string of the molecule is OCCn1nnnc1SCc1ccc(Br)cc1. The molecule has 2 rings (SSSR count). The van der Waals surface area contributed by atoms with Gasteiger partial charge >= 0.3 is 0 Å². The molecule has 0 atom stereocenters. The van der Waals surface area contributed by atoms with E-state index in [-0.39, 0.29) is 6.61 Å². The molecule has 1 heterocycles. The molecule has 0 bridgehead atoms. The zero-order valence-corrected chi connectivity index (χ0v) is 11.4. The highest BCUT2D eigenvalue weighted by Crippen LogP contribution is 2.21. The van der Waals surface area contributed by atoms with Gasteiger partial charge in [0.25, 0.3) is 0 Å². The minimum atomic E-state index is 0.0386. The molecule has 17 heavy (non-hydrogen) atoms. The van der Waals surface area contributed by atoms with Crippen LogP contribution in [0.15, 0.2) is 33.9 Å². The average molecular weight is 315 g/mol. The summed E-state index contributed by atoms with van der Waals surface area (Å²) in [5.41, 5.74) is 1.21. The Morgan fingerprint density at radius 1 is 1.29 bits per heavy atom. The first kappa shape index (κ1) is 12.5. The summed E-state index contributed by atoms with van der Waals surface area (Å²) in [6.07, 6.45) is 0. The van der Waals surface area contributed by atoms with E-state index in [1.807, 2.05) is 12.1 Å². The third-order valence-electron chi connectivity index (χ3n) is 2.09. The molecular formula is C10H11BrN4OS. The van der Waals surface area contributed by atoms with Crippen molar-refractivity contribution in [1.82, 2.24) is 20.2 Å². The number of aromatic nitrogens is 4. The van der Waals surface area contributed by atoms with Gasteiger partial charge in [0.2, 0.25) is 5.16 Å². The number of nitrogens with zero attached hydrogens (tertiary/aromatic N) is 4. The van der Waals surface area contributed by atoms with Gasteiger partial charge < -0.3 is 5.11 Å². The molecule has 0 aliphatic rings. The minimum absolute atomic E-state index is 0.0386. The standard InChI is InChI=1S/C10H11BrN4OS/c11-9-3-1-8(2-4-9)7-17-10-12-13-14-15(10)5-6-16/h1-4,16H,5-7H2. The van der Waals surface area contributed by atoms with Gasteiger partial charge in [-0.15, -0.1) is 5.10 Å². The smallest absolute Gasteiger partial charge is 0.209 e. The van der Waals surface area contributed by atoms with Crippen LogP contribution in [-0.2, 0) is 12.3 Å². The molecule has 0 spiro atoms. The monoisotopic (exact) mass is 314 g/mol. The quantitative estimate of drug-likeness (QED) is 0.851. The lowest BCUT2D eigenvalue weighted by molar-refractivity contribution is 0.262. The van der Waals surface area contributed by atoms with Gasteiger partial charge in [-0.25, -0.2) is 4.68 Å². The Kier molecular flexibility index (Phi) is 4.52. The second-order valence-electron chi connectivity index (χ2n) is 3.32. The highest BCUT2D eigenvalue weighted by molar-refractivity contribution is 9.10. The fourth-order valence-corrected chi connectivity index (χ4v) is 2.39. The van der Waals surface area contributed by atoms with Crippen LogP contribution >= 0.6 is 27.7 Å². The van der Waals surface area contributed by atoms with Crippen molar-refractivity contribution in [2.75, 3.05) is 6.61 Å². The van der Waals surface area contributed by atoms with Gasteiger partial charge in [0.05, 0.1) is 13.2 Å². The molecule has 0 saturated carbocycles. The largest absolute Gasteiger partial charge is 0.394 e. The molecule has 1 N–H and O–H groups in total. The normalized spacial score (nSPS) is 10.7. The number of tetrazole rings is 1. The highest BCUT2D eigenvalue weighted by atomic mass is 79.9. The summed E-state index contributed by atoms with van der Waals surface area (Å²) in [6.45, 7) is 0.465. The summed E-state index contributed by atoms with van der Waals surface area (Å²) in [5, 5.41) is 20.9. The second-order valence-corrected chi connectivity index (χ2v) is 5.18. The Balaban J connectivity index is 1.97. The summed E-state index contributed by atoms with van der Waals surface area (Å²) >= 11 is 4.95. The summed E-state index contributed by atoms with van der Waals surface area (Å²) < 4.78 is 2.67. The number of thioether (sulfide) groups is 1. The van der Waals surface area contributed by atoms with Crippen molar-refractivity contribution in [2.24, 2.45) is 0 Å². The van der Waals surface area contributed by atoms with Crippen molar-refractivity contribution in [1.29, 1.82) is 0 Å². The number of halogens is 1. The van der Waals surface area contributed by atoms with Crippen LogP contribution < -0.4 is 0 Å². The van der Waals surface area contributed by atoms with Crippen LogP contribution in [0.4, 0.5) is 0 Å². The van der Waals surface area contributed by atoms with E-state index in [9.17, 15) is 0 Å². The van der Waals surface area contributed by atoms with Gasteiger partial charge in [-0.05, 0) is 28.1 Å². The molecule has 0 aliphatic heterocycles. The molecule has 7 heteroatoms. The number of rotatable bonds is 5. The molecule has 0 unspecified atom stereocenters. The number of hydrogen-bond donors (Lipinski definition) is 1. The van der Waals surface area contributed by atoms with E-state index < -0.39 is 0 Å². The van der Waals surface area contributed by atoms with Crippen molar-refractivity contribution in [2.45, 2.75) is 17.5 Å². The molecule has 1 aromatic carbocycles. The van der Waals surface area contributed by atoms with Crippen molar-refractivity contribution in [3.05, 3.63) is 34.3 Å². The lowest BCUT2D eigenvalue weighted by atomic mass is 10.2. The molecule has 2 aromatic rings. The molecule has 0 saturated heterocycles. The van der Waals surface area contributed by atoms with E-state index in [0.717, 1.165) is 15.4 Å². The van der Waals surface area contributed by atoms with Gasteiger partial charge in [0.15, 0.2) is 0 Å². The third kappa shape index (κ3) is 3.52. The van der Waals surface area contributed by atoms with Gasteiger partial charge in [0.1, 0.15) is 0 Å². The van der Waals surface area contributed by atoms with E-state index in [1.54, 1.807) is 16.4 Å². The Hall–Kier alpha value is -0.920. The number of aliphatic hydroxyl groups is 1. The van der Waals surface area contributed by atoms with Crippen LogP contribution in [0.3, 0.4) is 0 Å². The lowest BCUT2D eigenvalue weighted by Gasteiger charge is -2.02. The van der Waals surface area contributed by atoms with Crippen LogP contribution in [-0.4, -0.2) is 31.9 Å². The summed E-state index contributed by atoms with van der Waals surface area (Å²) in [7, 11) is 0. The minimum Gasteiger partial charge on any atom is -0.394 e. The number of hydrogen-bond acceptors (Lipinski definition) is 5. The van der Waals surface area contributed by atoms with Crippen molar-refractivity contribution in [3.63, 3.8) is 0 Å². The summed E-state index contributed by atoms with van der Waals surface area (Å²) in [4.78, 5) is 0.